The number of rotatable bonds is 4. The first kappa shape index (κ1) is 14.3. The number of nitrogens with one attached hydrogen (secondary N) is 1. The lowest BCUT2D eigenvalue weighted by atomic mass is 10.1. The molecule has 1 aromatic rings. The summed E-state index contributed by atoms with van der Waals surface area (Å²) in [5.41, 5.74) is 0. The van der Waals surface area contributed by atoms with Crippen LogP contribution in [0.25, 0.3) is 0 Å². The third-order valence-corrected chi connectivity index (χ3v) is 3.30. The zero-order valence-electron chi connectivity index (χ0n) is 11.6. The fraction of sp³-hybridized carbons (Fsp3) is 0.750. The molecule has 2 unspecified atom stereocenters. The predicted molar refractivity (Wildman–Crippen MR) is 75.8 cm³/mol. The van der Waals surface area contributed by atoms with Crippen LogP contribution < -0.4 is 10.2 Å². The number of hydrogen-bond donors (Lipinski definition) is 1. The fourth-order valence-electron chi connectivity index (χ4n) is 2.13. The Kier molecular flexibility index (Phi) is 4.76. The highest BCUT2D eigenvalue weighted by Crippen LogP contribution is 2.22. The molecule has 2 heterocycles. The van der Waals surface area contributed by atoms with Gasteiger partial charge >= 0.3 is 0 Å². The molecule has 1 aromatic heterocycles. The van der Waals surface area contributed by atoms with Crippen LogP contribution in [-0.2, 0) is 4.74 Å². The lowest BCUT2D eigenvalue weighted by molar-refractivity contribution is 0.0292. The topological polar surface area (TPSA) is 63.2 Å². The highest BCUT2D eigenvalue weighted by atomic mass is 35.5. The smallest absolute Gasteiger partial charge is 0.231 e. The van der Waals surface area contributed by atoms with E-state index >= 15 is 0 Å². The van der Waals surface area contributed by atoms with Gasteiger partial charge in [0.2, 0.25) is 17.2 Å². The van der Waals surface area contributed by atoms with E-state index in [9.17, 15) is 0 Å². The van der Waals surface area contributed by atoms with Crippen molar-refractivity contribution in [2.75, 3.05) is 29.9 Å². The van der Waals surface area contributed by atoms with E-state index in [0.29, 0.717) is 18.5 Å². The summed E-state index contributed by atoms with van der Waals surface area (Å²) in [7, 11) is 0. The van der Waals surface area contributed by atoms with Crippen LogP contribution in [0, 0.1) is 0 Å². The molecule has 0 bridgehead atoms. The van der Waals surface area contributed by atoms with E-state index in [1.165, 1.54) is 0 Å². The largest absolute Gasteiger partial charge is 0.375 e. The zero-order chi connectivity index (χ0) is 13.8. The number of aromatic nitrogens is 3. The van der Waals surface area contributed by atoms with Gasteiger partial charge in [0, 0.05) is 13.1 Å². The van der Waals surface area contributed by atoms with E-state index in [2.05, 4.69) is 32.1 Å². The molecule has 0 radical (unpaired) electrons. The summed E-state index contributed by atoms with van der Waals surface area (Å²) in [6.07, 6.45) is 1.15. The Hall–Kier alpha value is -1.14. The number of ether oxygens (including phenoxy) is 1. The minimum absolute atomic E-state index is 0.168. The van der Waals surface area contributed by atoms with Gasteiger partial charge in [0.1, 0.15) is 0 Å². The predicted octanol–water partition coefficient (Wildman–Crippen LogP) is 1.96. The number of anilines is 2. The maximum absolute atomic E-state index is 5.97. The monoisotopic (exact) mass is 285 g/mol. The number of morpholine rings is 1. The van der Waals surface area contributed by atoms with Gasteiger partial charge in [-0.05, 0) is 31.9 Å². The van der Waals surface area contributed by atoms with E-state index in [4.69, 9.17) is 16.3 Å². The van der Waals surface area contributed by atoms with Crippen molar-refractivity contribution >= 4 is 23.5 Å². The Labute approximate surface area is 118 Å². The molecule has 1 saturated heterocycles. The van der Waals surface area contributed by atoms with Gasteiger partial charge in [0.25, 0.3) is 0 Å². The lowest BCUT2D eigenvalue weighted by Crippen LogP contribution is -2.49. The molecule has 7 heteroatoms. The molecule has 0 aromatic carbocycles. The van der Waals surface area contributed by atoms with Crippen LogP contribution in [0.5, 0.6) is 0 Å². The maximum Gasteiger partial charge on any atom is 0.231 e. The highest BCUT2D eigenvalue weighted by molar-refractivity contribution is 6.28. The van der Waals surface area contributed by atoms with Crippen LogP contribution in [0.3, 0.4) is 0 Å². The van der Waals surface area contributed by atoms with Crippen molar-refractivity contribution in [3.8, 4) is 0 Å². The SMILES string of the molecule is CCNc1nc(Cl)nc(N2CC(C)OCC2CC)n1. The van der Waals surface area contributed by atoms with Crippen molar-refractivity contribution in [1.29, 1.82) is 0 Å². The minimum atomic E-state index is 0.168. The molecule has 2 rings (SSSR count). The molecule has 1 fully saturated rings. The quantitative estimate of drug-likeness (QED) is 0.912. The molecular formula is C12H20ClN5O. The summed E-state index contributed by atoms with van der Waals surface area (Å²) in [6.45, 7) is 8.37. The standard InChI is InChI=1S/C12H20ClN5O/c1-4-9-7-19-8(3)6-18(9)12-16-10(13)15-11(17-12)14-5-2/h8-9H,4-7H2,1-3H3,(H,14,15,16,17). The van der Waals surface area contributed by atoms with Crippen LogP contribution in [-0.4, -0.2) is 46.8 Å². The Bertz CT molecular complexity index is 431. The number of halogens is 1. The van der Waals surface area contributed by atoms with E-state index < -0.39 is 0 Å². The zero-order valence-corrected chi connectivity index (χ0v) is 12.3. The Morgan fingerprint density at radius 2 is 2.16 bits per heavy atom. The Balaban J connectivity index is 2.27. The van der Waals surface area contributed by atoms with Gasteiger partial charge in [-0.25, -0.2) is 0 Å². The van der Waals surface area contributed by atoms with Gasteiger partial charge in [0.05, 0.1) is 18.8 Å². The molecule has 0 amide bonds. The summed E-state index contributed by atoms with van der Waals surface area (Å²) >= 11 is 5.97. The first-order valence-corrected chi connectivity index (χ1v) is 7.05. The van der Waals surface area contributed by atoms with E-state index in [0.717, 1.165) is 19.5 Å². The van der Waals surface area contributed by atoms with Gasteiger partial charge in [-0.2, -0.15) is 15.0 Å². The van der Waals surface area contributed by atoms with Gasteiger partial charge in [-0.3, -0.25) is 0 Å². The van der Waals surface area contributed by atoms with Gasteiger partial charge in [-0.15, -0.1) is 0 Å². The lowest BCUT2D eigenvalue weighted by Gasteiger charge is -2.38. The van der Waals surface area contributed by atoms with Crippen molar-refractivity contribution in [2.24, 2.45) is 0 Å². The second-order valence-electron chi connectivity index (χ2n) is 4.62. The summed E-state index contributed by atoms with van der Waals surface area (Å²) in [5, 5.41) is 3.28. The van der Waals surface area contributed by atoms with Crippen molar-refractivity contribution in [3.63, 3.8) is 0 Å². The molecule has 106 valence electrons. The molecule has 19 heavy (non-hydrogen) atoms. The minimum Gasteiger partial charge on any atom is -0.375 e. The van der Waals surface area contributed by atoms with Crippen molar-refractivity contribution in [3.05, 3.63) is 5.28 Å². The van der Waals surface area contributed by atoms with Crippen molar-refractivity contribution in [2.45, 2.75) is 39.3 Å². The molecule has 6 nitrogen and oxygen atoms in total. The van der Waals surface area contributed by atoms with Gasteiger partial charge < -0.3 is 15.0 Å². The second kappa shape index (κ2) is 6.34. The molecular weight excluding hydrogens is 266 g/mol. The number of nitrogens with zero attached hydrogens (tertiary/aromatic N) is 4. The van der Waals surface area contributed by atoms with Crippen LogP contribution in [0.1, 0.15) is 27.2 Å². The van der Waals surface area contributed by atoms with Crippen molar-refractivity contribution in [1.82, 2.24) is 15.0 Å². The highest BCUT2D eigenvalue weighted by Gasteiger charge is 2.28. The first-order chi connectivity index (χ1) is 9.13. The van der Waals surface area contributed by atoms with Crippen molar-refractivity contribution < 1.29 is 4.74 Å². The maximum atomic E-state index is 5.97. The van der Waals surface area contributed by atoms with Crippen LogP contribution in [0.4, 0.5) is 11.9 Å². The third-order valence-electron chi connectivity index (χ3n) is 3.13. The van der Waals surface area contributed by atoms with Crippen LogP contribution >= 0.6 is 11.6 Å². The van der Waals surface area contributed by atoms with E-state index in [-0.39, 0.29) is 17.4 Å². The van der Waals surface area contributed by atoms with Gasteiger partial charge in [0.15, 0.2) is 0 Å². The average molecular weight is 286 g/mol. The fourth-order valence-corrected chi connectivity index (χ4v) is 2.29. The third kappa shape index (κ3) is 3.45. The molecule has 0 spiro atoms. The van der Waals surface area contributed by atoms with E-state index in [1.54, 1.807) is 0 Å². The Morgan fingerprint density at radius 1 is 1.37 bits per heavy atom. The average Bonchev–Trinajstić information content (AvgIpc) is 2.38. The number of hydrogen-bond acceptors (Lipinski definition) is 6. The molecule has 0 saturated carbocycles. The summed E-state index contributed by atoms with van der Waals surface area (Å²) in [5.74, 6) is 1.14. The molecule has 2 atom stereocenters. The van der Waals surface area contributed by atoms with Crippen LogP contribution in [0.2, 0.25) is 5.28 Å². The summed E-state index contributed by atoms with van der Waals surface area (Å²) in [6, 6.07) is 0.282. The van der Waals surface area contributed by atoms with Crippen LogP contribution in [0.15, 0.2) is 0 Å². The molecule has 0 aliphatic carbocycles. The second-order valence-corrected chi connectivity index (χ2v) is 4.95. The first-order valence-electron chi connectivity index (χ1n) is 6.67. The van der Waals surface area contributed by atoms with E-state index in [1.807, 2.05) is 13.8 Å². The molecule has 1 N–H and O–H groups in total. The summed E-state index contributed by atoms with van der Waals surface area (Å²) in [4.78, 5) is 14.9. The molecule has 1 aliphatic heterocycles. The molecule has 1 aliphatic rings. The van der Waals surface area contributed by atoms with Gasteiger partial charge in [-0.1, -0.05) is 6.92 Å². The Morgan fingerprint density at radius 3 is 2.84 bits per heavy atom. The summed E-state index contributed by atoms with van der Waals surface area (Å²) < 4.78 is 5.68. The normalized spacial score (nSPS) is 23.5.